The average molecular weight is 333 g/mol. The molecule has 2 nitrogen and oxygen atoms in total. The zero-order valence-electron chi connectivity index (χ0n) is 13.6. The highest BCUT2D eigenvalue weighted by Crippen LogP contribution is 2.35. The fraction of sp³-hybridized carbons (Fsp3) is 0.190. The first-order chi connectivity index (χ1) is 11.8. The molecule has 0 unspecified atom stereocenters. The standard InChI is InChI=1S/C21H19NOS/c1-2-24-17-11-8-16(9-12-17)21(23)22-19-13-10-15-7-6-14-4-3-5-18(19)20(14)15/h3-5,8-13H,2,6-7H2,1H3,(H,22,23). The van der Waals surface area contributed by atoms with Crippen molar-refractivity contribution < 1.29 is 4.79 Å². The van der Waals surface area contributed by atoms with Crippen molar-refractivity contribution in [2.75, 3.05) is 11.1 Å². The maximum atomic E-state index is 12.6. The summed E-state index contributed by atoms with van der Waals surface area (Å²) in [5.41, 5.74) is 4.37. The Morgan fingerprint density at radius 1 is 1.00 bits per heavy atom. The van der Waals surface area contributed by atoms with Gasteiger partial charge in [-0.15, -0.1) is 11.8 Å². The van der Waals surface area contributed by atoms with Crippen LogP contribution in [0.3, 0.4) is 0 Å². The van der Waals surface area contributed by atoms with Gasteiger partial charge in [0, 0.05) is 21.5 Å². The topological polar surface area (TPSA) is 29.1 Å². The van der Waals surface area contributed by atoms with Crippen molar-refractivity contribution in [3.05, 3.63) is 71.3 Å². The van der Waals surface area contributed by atoms with Crippen LogP contribution in [-0.4, -0.2) is 11.7 Å². The second-order valence-corrected chi connectivity index (χ2v) is 7.36. The fourth-order valence-corrected chi connectivity index (χ4v) is 4.08. The lowest BCUT2D eigenvalue weighted by molar-refractivity contribution is 0.102. The molecule has 3 heteroatoms. The third-order valence-corrected chi connectivity index (χ3v) is 5.45. The third kappa shape index (κ3) is 2.69. The van der Waals surface area contributed by atoms with E-state index in [1.165, 1.54) is 21.4 Å². The van der Waals surface area contributed by atoms with Gasteiger partial charge in [-0.05, 0) is 65.4 Å². The van der Waals surface area contributed by atoms with Crippen molar-refractivity contribution in [3.8, 4) is 0 Å². The van der Waals surface area contributed by atoms with E-state index in [2.05, 4.69) is 36.5 Å². The normalized spacial score (nSPS) is 12.5. The summed E-state index contributed by atoms with van der Waals surface area (Å²) < 4.78 is 0. The molecular weight excluding hydrogens is 314 g/mol. The SMILES string of the molecule is CCSc1ccc(C(=O)Nc2ccc3c4c(cccc24)CC3)cc1. The van der Waals surface area contributed by atoms with Gasteiger partial charge >= 0.3 is 0 Å². The number of carbonyl (C=O) groups is 1. The molecule has 0 saturated carbocycles. The van der Waals surface area contributed by atoms with Crippen molar-refractivity contribution in [1.29, 1.82) is 0 Å². The Bertz CT molecular complexity index is 905. The predicted molar refractivity (Wildman–Crippen MR) is 102 cm³/mol. The third-order valence-electron chi connectivity index (χ3n) is 4.55. The zero-order chi connectivity index (χ0) is 16.5. The summed E-state index contributed by atoms with van der Waals surface area (Å²) in [6, 6.07) is 18.4. The lowest BCUT2D eigenvalue weighted by Crippen LogP contribution is -2.12. The molecule has 0 aromatic heterocycles. The summed E-state index contributed by atoms with van der Waals surface area (Å²) in [4.78, 5) is 13.8. The molecule has 0 spiro atoms. The lowest BCUT2D eigenvalue weighted by atomic mass is 10.0. The van der Waals surface area contributed by atoms with Crippen LogP contribution in [0.2, 0.25) is 0 Å². The Morgan fingerprint density at radius 3 is 2.50 bits per heavy atom. The first kappa shape index (κ1) is 15.3. The number of amides is 1. The van der Waals surface area contributed by atoms with Crippen LogP contribution in [0.4, 0.5) is 5.69 Å². The second-order valence-electron chi connectivity index (χ2n) is 6.02. The summed E-state index contributed by atoms with van der Waals surface area (Å²) in [7, 11) is 0. The molecule has 0 heterocycles. The van der Waals surface area contributed by atoms with Crippen LogP contribution < -0.4 is 5.32 Å². The molecule has 4 rings (SSSR count). The molecular formula is C21H19NOS. The molecule has 1 N–H and O–H groups in total. The molecule has 120 valence electrons. The summed E-state index contributed by atoms with van der Waals surface area (Å²) >= 11 is 1.78. The second kappa shape index (κ2) is 6.33. The average Bonchev–Trinajstić information content (AvgIpc) is 3.03. The minimum atomic E-state index is -0.0539. The quantitative estimate of drug-likeness (QED) is 0.656. The Morgan fingerprint density at radius 2 is 1.75 bits per heavy atom. The molecule has 0 bridgehead atoms. The summed E-state index contributed by atoms with van der Waals surface area (Å²) in [5.74, 6) is 0.980. The smallest absolute Gasteiger partial charge is 0.255 e. The van der Waals surface area contributed by atoms with Gasteiger partial charge < -0.3 is 5.32 Å². The highest BCUT2D eigenvalue weighted by molar-refractivity contribution is 7.99. The highest BCUT2D eigenvalue weighted by Gasteiger charge is 2.17. The number of hydrogen-bond donors (Lipinski definition) is 1. The van der Waals surface area contributed by atoms with Gasteiger partial charge in [0.2, 0.25) is 0 Å². The molecule has 24 heavy (non-hydrogen) atoms. The van der Waals surface area contributed by atoms with Gasteiger partial charge in [-0.1, -0.05) is 31.2 Å². The molecule has 3 aromatic rings. The monoisotopic (exact) mass is 333 g/mol. The van der Waals surface area contributed by atoms with Gasteiger partial charge in [-0.2, -0.15) is 0 Å². The van der Waals surface area contributed by atoms with Crippen LogP contribution >= 0.6 is 11.8 Å². The van der Waals surface area contributed by atoms with Gasteiger partial charge in [0.05, 0.1) is 0 Å². The van der Waals surface area contributed by atoms with Gasteiger partial charge in [0.15, 0.2) is 0 Å². The van der Waals surface area contributed by atoms with Crippen molar-refractivity contribution in [2.45, 2.75) is 24.7 Å². The van der Waals surface area contributed by atoms with Crippen LogP contribution in [0.15, 0.2) is 59.5 Å². The highest BCUT2D eigenvalue weighted by atomic mass is 32.2. The van der Waals surface area contributed by atoms with Gasteiger partial charge in [-0.3, -0.25) is 4.79 Å². The van der Waals surface area contributed by atoms with Crippen LogP contribution in [0.5, 0.6) is 0 Å². The number of nitrogens with one attached hydrogen (secondary N) is 1. The molecule has 1 aliphatic rings. The number of aryl methyl sites for hydroxylation is 2. The van der Waals surface area contributed by atoms with E-state index in [0.717, 1.165) is 29.7 Å². The Balaban J connectivity index is 1.64. The van der Waals surface area contributed by atoms with E-state index in [-0.39, 0.29) is 5.91 Å². The summed E-state index contributed by atoms with van der Waals surface area (Å²) in [6.45, 7) is 2.13. The van der Waals surface area contributed by atoms with E-state index in [1.807, 2.05) is 30.3 Å². The van der Waals surface area contributed by atoms with Crippen molar-refractivity contribution >= 4 is 34.1 Å². The number of anilines is 1. The van der Waals surface area contributed by atoms with Crippen LogP contribution in [0.25, 0.3) is 10.8 Å². The number of carbonyl (C=O) groups excluding carboxylic acids is 1. The van der Waals surface area contributed by atoms with Crippen LogP contribution in [0.1, 0.15) is 28.4 Å². The van der Waals surface area contributed by atoms with Crippen LogP contribution in [0, 0.1) is 0 Å². The first-order valence-corrected chi connectivity index (χ1v) is 9.32. The first-order valence-electron chi connectivity index (χ1n) is 8.34. The minimum absolute atomic E-state index is 0.0539. The fourth-order valence-electron chi connectivity index (χ4n) is 3.42. The largest absolute Gasteiger partial charge is 0.321 e. The number of hydrogen-bond acceptors (Lipinski definition) is 2. The van der Waals surface area contributed by atoms with E-state index in [9.17, 15) is 4.79 Å². The maximum absolute atomic E-state index is 12.6. The van der Waals surface area contributed by atoms with Crippen LogP contribution in [-0.2, 0) is 12.8 Å². The number of benzene rings is 3. The molecule has 0 radical (unpaired) electrons. The maximum Gasteiger partial charge on any atom is 0.255 e. The molecule has 1 aliphatic carbocycles. The molecule has 0 saturated heterocycles. The molecule has 1 amide bonds. The van der Waals surface area contributed by atoms with Crippen molar-refractivity contribution in [1.82, 2.24) is 0 Å². The molecule has 0 fully saturated rings. The minimum Gasteiger partial charge on any atom is -0.321 e. The molecule has 0 aliphatic heterocycles. The van der Waals surface area contributed by atoms with Gasteiger partial charge in [0.1, 0.15) is 0 Å². The predicted octanol–water partition coefficient (Wildman–Crippen LogP) is 5.30. The van der Waals surface area contributed by atoms with Gasteiger partial charge in [0.25, 0.3) is 5.91 Å². The van der Waals surface area contributed by atoms with E-state index in [1.54, 1.807) is 11.8 Å². The van der Waals surface area contributed by atoms with E-state index in [4.69, 9.17) is 0 Å². The van der Waals surface area contributed by atoms with E-state index >= 15 is 0 Å². The van der Waals surface area contributed by atoms with Crippen molar-refractivity contribution in [2.24, 2.45) is 0 Å². The van der Waals surface area contributed by atoms with E-state index < -0.39 is 0 Å². The van der Waals surface area contributed by atoms with Gasteiger partial charge in [-0.25, -0.2) is 0 Å². The number of rotatable bonds is 4. The Labute approximate surface area is 146 Å². The Hall–Kier alpha value is -2.26. The molecule has 3 aromatic carbocycles. The van der Waals surface area contributed by atoms with Crippen molar-refractivity contribution in [3.63, 3.8) is 0 Å². The summed E-state index contributed by atoms with van der Waals surface area (Å²) in [6.07, 6.45) is 2.20. The number of thioether (sulfide) groups is 1. The van der Waals surface area contributed by atoms with E-state index in [0.29, 0.717) is 5.56 Å². The lowest BCUT2D eigenvalue weighted by Gasteiger charge is -2.11. The Kier molecular flexibility index (Phi) is 4.03. The zero-order valence-corrected chi connectivity index (χ0v) is 14.5. The molecule has 0 atom stereocenters. The summed E-state index contributed by atoms with van der Waals surface area (Å²) in [5, 5.41) is 5.56.